The predicted octanol–water partition coefficient (Wildman–Crippen LogP) is 4.23. The average molecular weight is 511 g/mol. The molecular weight excluding hydrogens is 486 g/mol. The lowest BCUT2D eigenvalue weighted by Crippen LogP contribution is -2.64. The summed E-state index contributed by atoms with van der Waals surface area (Å²) in [6, 6.07) is 7.08. The second-order valence-corrected chi connectivity index (χ2v) is 12.0. The van der Waals surface area contributed by atoms with Gasteiger partial charge >= 0.3 is 0 Å². The summed E-state index contributed by atoms with van der Waals surface area (Å²) >= 11 is 6.14. The van der Waals surface area contributed by atoms with E-state index in [0.29, 0.717) is 17.3 Å². The lowest BCUT2D eigenvalue weighted by molar-refractivity contribution is -0.122. The topological polar surface area (TPSA) is 75.7 Å². The van der Waals surface area contributed by atoms with E-state index < -0.39 is 21.7 Å². The van der Waals surface area contributed by atoms with Crippen molar-refractivity contribution in [1.29, 1.82) is 0 Å². The molecule has 1 spiro atoms. The largest absolute Gasteiger partial charge is 0.490 e. The number of nitrogens with one attached hydrogen (secondary N) is 1. The summed E-state index contributed by atoms with van der Waals surface area (Å²) in [6.07, 6.45) is 4.36. The Morgan fingerprint density at radius 3 is 2.53 bits per heavy atom. The zero-order chi connectivity index (χ0) is 24.3. The van der Waals surface area contributed by atoms with Crippen molar-refractivity contribution in [3.8, 4) is 5.75 Å². The quantitative estimate of drug-likeness (QED) is 0.603. The van der Waals surface area contributed by atoms with Crippen LogP contribution >= 0.6 is 11.6 Å². The molecule has 0 bridgehead atoms. The summed E-state index contributed by atoms with van der Waals surface area (Å²) in [5.41, 5.74) is 1.53. The minimum Gasteiger partial charge on any atom is -0.490 e. The molecule has 0 radical (unpaired) electrons. The fourth-order valence-electron chi connectivity index (χ4n) is 5.12. The fraction of sp³-hybridized carbons (Fsp3) is 0.458. The molecule has 2 saturated carbocycles. The molecule has 1 saturated heterocycles. The Hall–Kier alpha value is -2.23. The van der Waals surface area contributed by atoms with Crippen LogP contribution in [0.4, 0.5) is 8.78 Å². The second kappa shape index (κ2) is 8.46. The maximum absolute atomic E-state index is 14.7. The van der Waals surface area contributed by atoms with E-state index in [-0.39, 0.29) is 28.8 Å². The number of carbonyl (C=O) groups is 1. The van der Waals surface area contributed by atoms with Crippen molar-refractivity contribution in [3.05, 3.63) is 63.7 Å². The summed E-state index contributed by atoms with van der Waals surface area (Å²) in [5.74, 6) is -1.51. The maximum Gasteiger partial charge on any atom is 0.267 e. The van der Waals surface area contributed by atoms with E-state index in [1.165, 1.54) is 24.3 Å². The van der Waals surface area contributed by atoms with E-state index >= 15 is 0 Å². The SMILES string of the molecule is CS(=O)(=O)NC(=O)c1cc(C2CC2)c(OC2CC3(C2)CN(Cc2ccc(F)cc2Cl)C3)cc1F. The van der Waals surface area contributed by atoms with Crippen molar-refractivity contribution < 1.29 is 26.7 Å². The highest BCUT2D eigenvalue weighted by atomic mass is 35.5. The van der Waals surface area contributed by atoms with Gasteiger partial charge in [0.15, 0.2) is 0 Å². The zero-order valence-electron chi connectivity index (χ0n) is 18.6. The molecule has 2 aliphatic carbocycles. The van der Waals surface area contributed by atoms with Gasteiger partial charge in [0, 0.05) is 36.1 Å². The molecule has 3 fully saturated rings. The molecule has 1 amide bonds. The van der Waals surface area contributed by atoms with Gasteiger partial charge in [0.25, 0.3) is 5.91 Å². The van der Waals surface area contributed by atoms with Gasteiger partial charge in [-0.25, -0.2) is 21.9 Å². The smallest absolute Gasteiger partial charge is 0.267 e. The van der Waals surface area contributed by atoms with E-state index in [2.05, 4.69) is 4.90 Å². The Labute approximate surface area is 202 Å². The van der Waals surface area contributed by atoms with Gasteiger partial charge in [0.05, 0.1) is 17.9 Å². The van der Waals surface area contributed by atoms with Gasteiger partial charge in [0.1, 0.15) is 17.4 Å². The normalized spacial score (nSPS) is 20.0. The molecule has 6 nitrogen and oxygen atoms in total. The highest BCUT2D eigenvalue weighted by molar-refractivity contribution is 7.89. The number of nitrogens with zero attached hydrogens (tertiary/aromatic N) is 1. The van der Waals surface area contributed by atoms with Crippen LogP contribution in [-0.2, 0) is 16.6 Å². The third kappa shape index (κ3) is 4.92. The van der Waals surface area contributed by atoms with Gasteiger partial charge in [-0.1, -0.05) is 17.7 Å². The van der Waals surface area contributed by atoms with Crippen molar-refractivity contribution in [2.24, 2.45) is 5.41 Å². The van der Waals surface area contributed by atoms with E-state index in [9.17, 15) is 22.0 Å². The van der Waals surface area contributed by atoms with E-state index in [0.717, 1.165) is 56.2 Å². The number of benzene rings is 2. The Morgan fingerprint density at radius 2 is 1.91 bits per heavy atom. The molecule has 3 aliphatic rings. The Kier molecular flexibility index (Phi) is 5.85. The van der Waals surface area contributed by atoms with Crippen molar-refractivity contribution in [2.45, 2.75) is 44.2 Å². The molecule has 2 aromatic carbocycles. The summed E-state index contributed by atoms with van der Waals surface area (Å²) in [4.78, 5) is 14.5. The van der Waals surface area contributed by atoms with Crippen LogP contribution in [0.3, 0.4) is 0 Å². The molecule has 1 N–H and O–H groups in total. The summed E-state index contributed by atoms with van der Waals surface area (Å²) in [6.45, 7) is 2.46. The number of likely N-dealkylation sites (tertiary alicyclic amines) is 1. The number of halogens is 3. The van der Waals surface area contributed by atoms with E-state index in [1.54, 1.807) is 6.07 Å². The average Bonchev–Trinajstić information content (AvgIpc) is 3.50. The number of rotatable bonds is 7. The first-order valence-electron chi connectivity index (χ1n) is 11.2. The van der Waals surface area contributed by atoms with Gasteiger partial charge in [-0.3, -0.25) is 9.69 Å². The fourth-order valence-corrected chi connectivity index (χ4v) is 5.79. The Morgan fingerprint density at radius 1 is 1.21 bits per heavy atom. The summed E-state index contributed by atoms with van der Waals surface area (Å²) in [5, 5.41) is 0.430. The van der Waals surface area contributed by atoms with Crippen LogP contribution < -0.4 is 9.46 Å². The van der Waals surface area contributed by atoms with Crippen LogP contribution in [0.5, 0.6) is 5.75 Å². The number of carbonyl (C=O) groups excluding carboxylic acids is 1. The molecule has 2 aromatic rings. The van der Waals surface area contributed by atoms with Gasteiger partial charge < -0.3 is 4.74 Å². The monoisotopic (exact) mass is 510 g/mol. The minimum absolute atomic E-state index is 0.0378. The van der Waals surface area contributed by atoms with Crippen molar-refractivity contribution in [3.63, 3.8) is 0 Å². The van der Waals surface area contributed by atoms with Crippen molar-refractivity contribution in [2.75, 3.05) is 19.3 Å². The molecular formula is C24H25ClF2N2O4S. The van der Waals surface area contributed by atoms with Gasteiger partial charge in [-0.2, -0.15) is 0 Å². The lowest BCUT2D eigenvalue weighted by Gasteiger charge is -2.58. The van der Waals surface area contributed by atoms with E-state index in [4.69, 9.17) is 16.3 Å². The van der Waals surface area contributed by atoms with E-state index in [1.807, 2.05) is 4.72 Å². The number of sulfonamides is 1. The number of ether oxygens (including phenoxy) is 1. The standard InChI is InChI=1S/C24H25ClF2N2O4S/c1-34(31,32)28-23(30)19-7-18(14-2-3-14)22(8-21(19)27)33-17-9-24(10-17)12-29(13-24)11-15-4-5-16(26)6-20(15)25/h4-8,14,17H,2-3,9-13H2,1H3,(H,28,30). The molecule has 182 valence electrons. The first-order chi connectivity index (χ1) is 16.0. The Bertz CT molecular complexity index is 1250. The number of amides is 1. The zero-order valence-corrected chi connectivity index (χ0v) is 20.2. The maximum atomic E-state index is 14.7. The Balaban J connectivity index is 1.20. The molecule has 1 heterocycles. The van der Waals surface area contributed by atoms with Gasteiger partial charge in [-0.05, 0) is 60.9 Å². The van der Waals surface area contributed by atoms with Crippen molar-refractivity contribution >= 4 is 27.5 Å². The summed E-state index contributed by atoms with van der Waals surface area (Å²) in [7, 11) is -3.79. The summed E-state index contributed by atoms with van der Waals surface area (Å²) < 4.78 is 58.6. The number of hydrogen-bond donors (Lipinski definition) is 1. The molecule has 34 heavy (non-hydrogen) atoms. The molecule has 0 unspecified atom stereocenters. The lowest BCUT2D eigenvalue weighted by atomic mass is 9.61. The van der Waals surface area contributed by atoms with Crippen LogP contribution in [0, 0.1) is 17.0 Å². The first kappa shape index (κ1) is 23.5. The number of hydrogen-bond acceptors (Lipinski definition) is 5. The minimum atomic E-state index is -3.79. The molecule has 0 atom stereocenters. The van der Waals surface area contributed by atoms with Crippen LogP contribution in [0.2, 0.25) is 5.02 Å². The van der Waals surface area contributed by atoms with Gasteiger partial charge in [0.2, 0.25) is 10.0 Å². The highest BCUT2D eigenvalue weighted by Crippen LogP contribution is 2.52. The van der Waals surface area contributed by atoms with Crippen LogP contribution in [0.25, 0.3) is 0 Å². The van der Waals surface area contributed by atoms with Crippen LogP contribution in [0.15, 0.2) is 30.3 Å². The molecule has 10 heteroatoms. The predicted molar refractivity (Wildman–Crippen MR) is 123 cm³/mol. The highest BCUT2D eigenvalue weighted by Gasteiger charge is 2.53. The molecule has 0 aromatic heterocycles. The van der Waals surface area contributed by atoms with Crippen LogP contribution in [-0.4, -0.2) is 44.7 Å². The van der Waals surface area contributed by atoms with Crippen LogP contribution in [0.1, 0.15) is 53.1 Å². The third-order valence-electron chi connectivity index (χ3n) is 6.78. The molecule has 5 rings (SSSR count). The second-order valence-electron chi connectivity index (χ2n) is 9.88. The third-order valence-corrected chi connectivity index (χ3v) is 7.69. The van der Waals surface area contributed by atoms with Crippen molar-refractivity contribution in [1.82, 2.24) is 9.62 Å². The molecule has 1 aliphatic heterocycles. The first-order valence-corrected chi connectivity index (χ1v) is 13.5. The van der Waals surface area contributed by atoms with Gasteiger partial charge in [-0.15, -0.1) is 0 Å².